The van der Waals surface area contributed by atoms with Crippen molar-refractivity contribution in [3.8, 4) is 0 Å². The van der Waals surface area contributed by atoms with E-state index in [4.69, 9.17) is 0 Å². The maximum atomic E-state index is 13.0. The number of nitrogens with zero attached hydrogens (tertiary/aromatic N) is 4. The summed E-state index contributed by atoms with van der Waals surface area (Å²) in [6.45, 7) is 3.27. The highest BCUT2D eigenvalue weighted by Crippen LogP contribution is 2.41. The van der Waals surface area contributed by atoms with E-state index in [0.29, 0.717) is 27.6 Å². The minimum absolute atomic E-state index is 0.259. The van der Waals surface area contributed by atoms with Crippen LogP contribution < -0.4 is 10.4 Å². The summed E-state index contributed by atoms with van der Waals surface area (Å²) in [5.74, 6) is 0.715. The molecule has 0 unspecified atom stereocenters. The highest BCUT2D eigenvalue weighted by molar-refractivity contribution is 7.19. The molecule has 0 saturated carbocycles. The van der Waals surface area contributed by atoms with E-state index in [1.165, 1.54) is 11.9 Å². The molecular formula is C21H22F3N5S. The molecule has 1 aromatic carbocycles. The number of benzene rings is 1. The molecule has 2 aliphatic rings. The van der Waals surface area contributed by atoms with Gasteiger partial charge in [-0.25, -0.2) is 15.4 Å². The molecule has 0 aliphatic carbocycles. The van der Waals surface area contributed by atoms with Crippen molar-refractivity contribution in [2.24, 2.45) is 0 Å². The number of halogens is 3. The van der Waals surface area contributed by atoms with Crippen molar-refractivity contribution in [1.82, 2.24) is 20.3 Å². The van der Waals surface area contributed by atoms with Gasteiger partial charge in [0.05, 0.1) is 11.8 Å². The normalized spacial score (nSPS) is 18.3. The van der Waals surface area contributed by atoms with Crippen molar-refractivity contribution in [3.63, 3.8) is 0 Å². The predicted octanol–water partition coefficient (Wildman–Crippen LogP) is 4.29. The number of likely N-dealkylation sites (tertiary alicyclic amines) is 1. The quantitative estimate of drug-likeness (QED) is 0.665. The van der Waals surface area contributed by atoms with Crippen molar-refractivity contribution in [3.05, 3.63) is 52.7 Å². The van der Waals surface area contributed by atoms with Crippen LogP contribution in [-0.4, -0.2) is 40.2 Å². The molecule has 0 spiro atoms. The number of hydrogen-bond donors (Lipinski definition) is 1. The Balaban J connectivity index is 1.34. The average molecular weight is 434 g/mol. The first kappa shape index (κ1) is 19.7. The molecule has 0 atom stereocenters. The zero-order chi connectivity index (χ0) is 20.7. The summed E-state index contributed by atoms with van der Waals surface area (Å²) in [7, 11) is 0. The van der Waals surface area contributed by atoms with Gasteiger partial charge < -0.3 is 0 Å². The van der Waals surface area contributed by atoms with Crippen LogP contribution in [0.2, 0.25) is 0 Å². The van der Waals surface area contributed by atoms with Gasteiger partial charge in [-0.2, -0.15) is 13.2 Å². The third-order valence-electron chi connectivity index (χ3n) is 5.84. The Kier molecular flexibility index (Phi) is 5.12. The molecule has 9 heteroatoms. The lowest BCUT2D eigenvalue weighted by Crippen LogP contribution is -2.52. The Morgan fingerprint density at radius 1 is 1.10 bits per heavy atom. The molecular weight excluding hydrogens is 411 g/mol. The molecule has 158 valence electrons. The fourth-order valence-electron chi connectivity index (χ4n) is 4.43. The minimum Gasteiger partial charge on any atom is -0.299 e. The van der Waals surface area contributed by atoms with Gasteiger partial charge in [0.15, 0.2) is 5.82 Å². The monoisotopic (exact) mass is 433 g/mol. The molecule has 2 aromatic heterocycles. The summed E-state index contributed by atoms with van der Waals surface area (Å²) in [5.41, 5.74) is 5.35. The molecule has 4 heterocycles. The van der Waals surface area contributed by atoms with Crippen LogP contribution in [0.3, 0.4) is 0 Å². The van der Waals surface area contributed by atoms with Gasteiger partial charge in [0.1, 0.15) is 11.2 Å². The number of thiophene rings is 1. The molecule has 5 nitrogen and oxygen atoms in total. The van der Waals surface area contributed by atoms with Crippen molar-refractivity contribution >= 4 is 27.4 Å². The second-order valence-electron chi connectivity index (χ2n) is 7.87. The lowest BCUT2D eigenvalue weighted by molar-refractivity contribution is -0.126. The Morgan fingerprint density at radius 2 is 1.87 bits per heavy atom. The number of hydrogen-bond acceptors (Lipinski definition) is 6. The first-order valence-corrected chi connectivity index (χ1v) is 10.9. The molecule has 1 N–H and O–H groups in total. The van der Waals surface area contributed by atoms with E-state index in [-0.39, 0.29) is 6.04 Å². The first-order valence-electron chi connectivity index (χ1n) is 10.1. The molecule has 5 rings (SSSR count). The molecule has 30 heavy (non-hydrogen) atoms. The third kappa shape index (κ3) is 3.89. The zero-order valence-corrected chi connectivity index (χ0v) is 17.1. The van der Waals surface area contributed by atoms with Gasteiger partial charge in [-0.1, -0.05) is 30.3 Å². The highest BCUT2D eigenvalue weighted by Gasteiger charge is 2.35. The zero-order valence-electron chi connectivity index (χ0n) is 16.3. The summed E-state index contributed by atoms with van der Waals surface area (Å²) < 4.78 is 39.0. The lowest BCUT2D eigenvalue weighted by Gasteiger charge is -2.41. The average Bonchev–Trinajstić information content (AvgIpc) is 3.07. The van der Waals surface area contributed by atoms with Crippen molar-refractivity contribution in [2.75, 3.05) is 18.1 Å². The largest absolute Gasteiger partial charge is 0.393 e. The molecule has 1 saturated heterocycles. The smallest absolute Gasteiger partial charge is 0.299 e. The van der Waals surface area contributed by atoms with E-state index in [9.17, 15) is 13.2 Å². The van der Waals surface area contributed by atoms with E-state index in [1.54, 1.807) is 0 Å². The van der Waals surface area contributed by atoms with Gasteiger partial charge in [0, 0.05) is 37.1 Å². The molecule has 3 aromatic rings. The van der Waals surface area contributed by atoms with Gasteiger partial charge in [0.25, 0.3) is 0 Å². The molecule has 0 amide bonds. The second-order valence-corrected chi connectivity index (χ2v) is 8.95. The van der Waals surface area contributed by atoms with Crippen LogP contribution in [-0.2, 0) is 19.5 Å². The topological polar surface area (TPSA) is 44.3 Å². The standard InChI is InChI=1S/C21H22F3N5S/c22-21(23,24)10-17-16-11-27-29(19-18(16)20(30-17)26-13-25-19)15-6-8-28(9-7-15)12-14-4-2-1-3-5-14/h1-5,13,15,27H,6-12H2. The summed E-state index contributed by atoms with van der Waals surface area (Å²) in [6, 6.07) is 10.7. The summed E-state index contributed by atoms with van der Waals surface area (Å²) in [4.78, 5) is 12.1. The number of aromatic nitrogens is 2. The van der Waals surface area contributed by atoms with E-state index >= 15 is 0 Å². The van der Waals surface area contributed by atoms with Crippen LogP contribution in [0, 0.1) is 0 Å². The van der Waals surface area contributed by atoms with E-state index in [2.05, 4.69) is 49.6 Å². The van der Waals surface area contributed by atoms with Gasteiger partial charge in [-0.3, -0.25) is 9.91 Å². The Morgan fingerprint density at radius 3 is 2.60 bits per heavy atom. The van der Waals surface area contributed by atoms with Crippen LogP contribution in [0.15, 0.2) is 36.7 Å². The number of rotatable bonds is 4. The molecule has 0 bridgehead atoms. The maximum Gasteiger partial charge on any atom is 0.393 e. The summed E-state index contributed by atoms with van der Waals surface area (Å²) >= 11 is 1.13. The Bertz CT molecular complexity index is 1030. The third-order valence-corrected chi connectivity index (χ3v) is 6.98. The SMILES string of the molecule is FC(F)(F)Cc1sc2ncnc3c2c1CNN3C1CCN(Cc2ccccc2)CC1. The van der Waals surface area contributed by atoms with E-state index < -0.39 is 12.6 Å². The number of alkyl halides is 3. The van der Waals surface area contributed by atoms with Crippen molar-refractivity contribution in [2.45, 2.75) is 44.6 Å². The molecule has 1 fully saturated rings. The minimum atomic E-state index is -4.23. The number of hydrazine groups is 1. The fourth-order valence-corrected chi connectivity index (χ4v) is 5.62. The van der Waals surface area contributed by atoms with Crippen LogP contribution >= 0.6 is 11.3 Å². The fraction of sp³-hybridized carbons (Fsp3) is 0.429. The predicted molar refractivity (Wildman–Crippen MR) is 111 cm³/mol. The Hall–Kier alpha value is -2.23. The van der Waals surface area contributed by atoms with Crippen LogP contribution in [0.4, 0.5) is 19.0 Å². The number of piperidine rings is 1. The van der Waals surface area contributed by atoms with Crippen LogP contribution in [0.25, 0.3) is 10.2 Å². The number of nitrogens with one attached hydrogen (secondary N) is 1. The second kappa shape index (κ2) is 7.79. The van der Waals surface area contributed by atoms with E-state index in [1.807, 2.05) is 6.07 Å². The van der Waals surface area contributed by atoms with Gasteiger partial charge in [-0.15, -0.1) is 11.3 Å². The van der Waals surface area contributed by atoms with Crippen LogP contribution in [0.1, 0.15) is 28.8 Å². The Labute approximate surface area is 176 Å². The van der Waals surface area contributed by atoms with Crippen LogP contribution in [0.5, 0.6) is 0 Å². The molecule has 0 radical (unpaired) electrons. The maximum absolute atomic E-state index is 13.0. The van der Waals surface area contributed by atoms with Gasteiger partial charge in [-0.05, 0) is 24.0 Å². The van der Waals surface area contributed by atoms with Crippen molar-refractivity contribution in [1.29, 1.82) is 0 Å². The number of anilines is 1. The van der Waals surface area contributed by atoms with Gasteiger partial charge in [0.2, 0.25) is 0 Å². The molecule has 2 aliphatic heterocycles. The van der Waals surface area contributed by atoms with E-state index in [0.717, 1.165) is 49.2 Å². The van der Waals surface area contributed by atoms with Crippen molar-refractivity contribution < 1.29 is 13.2 Å². The first-order chi connectivity index (χ1) is 14.5. The summed E-state index contributed by atoms with van der Waals surface area (Å²) in [5, 5.41) is 2.85. The summed E-state index contributed by atoms with van der Waals surface area (Å²) in [6.07, 6.45) is -1.74. The highest BCUT2D eigenvalue weighted by atomic mass is 32.1. The van der Waals surface area contributed by atoms with Gasteiger partial charge >= 0.3 is 6.18 Å². The lowest BCUT2D eigenvalue weighted by atomic mass is 10.0.